The molecule has 2 aromatic heterocycles. The van der Waals surface area contributed by atoms with Gasteiger partial charge in [-0.3, -0.25) is 14.1 Å². The van der Waals surface area contributed by atoms with Gasteiger partial charge in [0.2, 0.25) is 0 Å². The molecule has 0 spiro atoms. The number of nitrogens with one attached hydrogen (secondary N) is 1. The Morgan fingerprint density at radius 1 is 1.35 bits per heavy atom. The Morgan fingerprint density at radius 2 is 2.22 bits per heavy atom. The van der Waals surface area contributed by atoms with E-state index in [1.807, 2.05) is 25.3 Å². The molecule has 23 heavy (non-hydrogen) atoms. The molecule has 2 unspecified atom stereocenters. The smallest absolute Gasteiger partial charge is 0.258 e. The number of rotatable bonds is 2. The minimum absolute atomic E-state index is 0. The van der Waals surface area contributed by atoms with Crippen molar-refractivity contribution < 1.29 is 0 Å². The summed E-state index contributed by atoms with van der Waals surface area (Å²) in [7, 11) is 0. The van der Waals surface area contributed by atoms with Crippen LogP contribution in [0, 0.1) is 12.8 Å². The van der Waals surface area contributed by atoms with Crippen LogP contribution < -0.4 is 10.9 Å². The molecule has 2 aromatic rings. The van der Waals surface area contributed by atoms with Crippen molar-refractivity contribution in [3.05, 3.63) is 46.0 Å². The Bertz CT molecular complexity index is 760. The molecule has 0 amide bonds. The van der Waals surface area contributed by atoms with Gasteiger partial charge in [0.15, 0.2) is 0 Å². The zero-order chi connectivity index (χ0) is 15.1. The first-order valence-corrected chi connectivity index (χ1v) is 8.14. The first kappa shape index (κ1) is 16.4. The maximum atomic E-state index is 12.3. The summed E-state index contributed by atoms with van der Waals surface area (Å²) in [5, 5.41) is 3.59. The van der Waals surface area contributed by atoms with Crippen molar-refractivity contribution in [1.29, 1.82) is 0 Å². The Morgan fingerprint density at radius 3 is 3.09 bits per heavy atom. The molecule has 2 fully saturated rings. The lowest BCUT2D eigenvalue weighted by Crippen LogP contribution is -2.44. The van der Waals surface area contributed by atoms with E-state index in [0.717, 1.165) is 49.0 Å². The Balaban J connectivity index is 0.00000156. The summed E-state index contributed by atoms with van der Waals surface area (Å²) in [6.45, 7) is 6.12. The third kappa shape index (κ3) is 3.27. The van der Waals surface area contributed by atoms with Crippen molar-refractivity contribution in [2.24, 2.45) is 5.92 Å². The van der Waals surface area contributed by atoms with Gasteiger partial charge in [0.25, 0.3) is 5.56 Å². The van der Waals surface area contributed by atoms with Crippen LogP contribution in [0.2, 0.25) is 0 Å². The van der Waals surface area contributed by atoms with Crippen molar-refractivity contribution in [1.82, 2.24) is 19.6 Å². The van der Waals surface area contributed by atoms with Gasteiger partial charge in [0.05, 0.1) is 5.69 Å². The van der Waals surface area contributed by atoms with Gasteiger partial charge < -0.3 is 5.32 Å². The number of halogens is 1. The third-order valence-corrected chi connectivity index (χ3v) is 4.99. The first-order valence-electron chi connectivity index (χ1n) is 8.14. The van der Waals surface area contributed by atoms with Gasteiger partial charge in [-0.05, 0) is 43.9 Å². The summed E-state index contributed by atoms with van der Waals surface area (Å²) < 4.78 is 1.63. The summed E-state index contributed by atoms with van der Waals surface area (Å²) in [5.74, 6) is 0.762. The lowest BCUT2D eigenvalue weighted by Gasteiger charge is -2.34. The van der Waals surface area contributed by atoms with Crippen LogP contribution in [0.3, 0.4) is 0 Å². The number of fused-ring (bicyclic) bond motifs is 2. The maximum absolute atomic E-state index is 12.3. The molecule has 0 aliphatic carbocycles. The van der Waals surface area contributed by atoms with Crippen molar-refractivity contribution in [2.45, 2.75) is 32.4 Å². The number of hydrogen-bond acceptors (Lipinski definition) is 4. The van der Waals surface area contributed by atoms with Gasteiger partial charge in [0.1, 0.15) is 5.65 Å². The Labute approximate surface area is 142 Å². The molecule has 6 heteroatoms. The van der Waals surface area contributed by atoms with Crippen LogP contribution in [-0.2, 0) is 6.54 Å². The van der Waals surface area contributed by atoms with Crippen LogP contribution in [0.4, 0.5) is 0 Å². The predicted octanol–water partition coefficient (Wildman–Crippen LogP) is 1.61. The molecule has 0 saturated carbocycles. The summed E-state index contributed by atoms with van der Waals surface area (Å²) in [6.07, 6.45) is 4.33. The van der Waals surface area contributed by atoms with Crippen LogP contribution in [0.15, 0.2) is 29.2 Å². The van der Waals surface area contributed by atoms with E-state index in [1.165, 1.54) is 12.8 Å². The maximum Gasteiger partial charge on any atom is 0.258 e. The molecule has 4 heterocycles. The van der Waals surface area contributed by atoms with E-state index in [-0.39, 0.29) is 18.0 Å². The quantitative estimate of drug-likeness (QED) is 0.906. The summed E-state index contributed by atoms with van der Waals surface area (Å²) >= 11 is 0. The molecule has 124 valence electrons. The van der Waals surface area contributed by atoms with Gasteiger partial charge in [-0.25, -0.2) is 4.98 Å². The van der Waals surface area contributed by atoms with Gasteiger partial charge in [-0.15, -0.1) is 12.4 Å². The van der Waals surface area contributed by atoms with Crippen LogP contribution in [0.25, 0.3) is 5.65 Å². The van der Waals surface area contributed by atoms with E-state index in [1.54, 1.807) is 10.5 Å². The molecular weight excluding hydrogens is 312 g/mol. The zero-order valence-corrected chi connectivity index (χ0v) is 14.2. The van der Waals surface area contributed by atoms with Crippen LogP contribution in [-0.4, -0.2) is 40.0 Å². The number of aryl methyl sites for hydroxylation is 1. The zero-order valence-electron chi connectivity index (χ0n) is 13.4. The predicted molar refractivity (Wildman–Crippen MR) is 93.2 cm³/mol. The normalized spacial score (nSPS) is 24.4. The van der Waals surface area contributed by atoms with E-state index in [4.69, 9.17) is 0 Å². The van der Waals surface area contributed by atoms with Gasteiger partial charge >= 0.3 is 0 Å². The number of pyridine rings is 1. The van der Waals surface area contributed by atoms with E-state index < -0.39 is 0 Å². The topological polar surface area (TPSA) is 49.6 Å². The average molecular weight is 335 g/mol. The molecule has 2 saturated heterocycles. The Kier molecular flexibility index (Phi) is 4.71. The van der Waals surface area contributed by atoms with E-state index in [2.05, 4.69) is 15.2 Å². The van der Waals surface area contributed by atoms with Crippen molar-refractivity contribution >= 4 is 18.1 Å². The van der Waals surface area contributed by atoms with Crippen molar-refractivity contribution in [3.63, 3.8) is 0 Å². The molecule has 5 nitrogen and oxygen atoms in total. The summed E-state index contributed by atoms with van der Waals surface area (Å²) in [5.41, 5.74) is 2.71. The van der Waals surface area contributed by atoms with Gasteiger partial charge in [0, 0.05) is 37.9 Å². The number of piperidine rings is 1. The second-order valence-electron chi connectivity index (χ2n) is 6.65. The molecule has 4 rings (SSSR count). The lowest BCUT2D eigenvalue weighted by molar-refractivity contribution is 0.154. The average Bonchev–Trinajstić information content (AvgIpc) is 2.96. The highest BCUT2D eigenvalue weighted by molar-refractivity contribution is 5.85. The fraction of sp³-hybridized carbons (Fsp3) is 0.529. The highest BCUT2D eigenvalue weighted by Gasteiger charge is 2.32. The van der Waals surface area contributed by atoms with Crippen LogP contribution in [0.1, 0.15) is 24.1 Å². The van der Waals surface area contributed by atoms with Gasteiger partial charge in [-0.2, -0.15) is 0 Å². The SMILES string of the molecule is Cc1ccc2nc(CN3CCC4NCCC4C3)cc(=O)n2c1.Cl. The third-order valence-electron chi connectivity index (χ3n) is 4.99. The second kappa shape index (κ2) is 6.59. The molecule has 0 bridgehead atoms. The minimum atomic E-state index is 0. The fourth-order valence-electron chi connectivity index (χ4n) is 3.83. The molecule has 1 N–H and O–H groups in total. The number of hydrogen-bond donors (Lipinski definition) is 1. The first-order chi connectivity index (χ1) is 10.7. The molecule has 0 aromatic carbocycles. The van der Waals surface area contributed by atoms with Gasteiger partial charge in [-0.1, -0.05) is 6.07 Å². The van der Waals surface area contributed by atoms with Crippen LogP contribution in [0.5, 0.6) is 0 Å². The summed E-state index contributed by atoms with van der Waals surface area (Å²) in [6, 6.07) is 6.31. The van der Waals surface area contributed by atoms with Crippen molar-refractivity contribution in [2.75, 3.05) is 19.6 Å². The standard InChI is InChI=1S/C17H22N4O.ClH/c1-12-2-3-16-19-14(8-17(22)21(16)9-12)11-20-7-5-15-13(10-20)4-6-18-15;/h2-3,8-9,13,15,18H,4-7,10-11H2,1H3;1H. The monoisotopic (exact) mass is 334 g/mol. The molecule has 0 radical (unpaired) electrons. The Hall–Kier alpha value is -1.43. The molecule has 2 aliphatic rings. The second-order valence-corrected chi connectivity index (χ2v) is 6.65. The van der Waals surface area contributed by atoms with E-state index in [0.29, 0.717) is 6.04 Å². The fourth-order valence-corrected chi connectivity index (χ4v) is 3.83. The number of nitrogens with zero attached hydrogens (tertiary/aromatic N) is 3. The number of aromatic nitrogens is 2. The van der Waals surface area contributed by atoms with E-state index in [9.17, 15) is 4.79 Å². The minimum Gasteiger partial charge on any atom is -0.314 e. The largest absolute Gasteiger partial charge is 0.314 e. The lowest BCUT2D eigenvalue weighted by atomic mass is 9.93. The molecule has 2 atom stereocenters. The van der Waals surface area contributed by atoms with Crippen molar-refractivity contribution in [3.8, 4) is 0 Å². The highest BCUT2D eigenvalue weighted by Crippen LogP contribution is 2.25. The van der Waals surface area contributed by atoms with Crippen LogP contribution >= 0.6 is 12.4 Å². The van der Waals surface area contributed by atoms with E-state index >= 15 is 0 Å². The number of likely N-dealkylation sites (tertiary alicyclic amines) is 1. The highest BCUT2D eigenvalue weighted by atomic mass is 35.5. The summed E-state index contributed by atoms with van der Waals surface area (Å²) in [4.78, 5) is 19.4. The molecule has 2 aliphatic heterocycles. The molecular formula is C17H23ClN4O.